The van der Waals surface area contributed by atoms with Crippen molar-refractivity contribution in [3.63, 3.8) is 0 Å². The van der Waals surface area contributed by atoms with Gasteiger partial charge in [0.25, 0.3) is 5.91 Å². The number of nitrogens with zero attached hydrogens (tertiary/aromatic N) is 4. The topological polar surface area (TPSA) is 106 Å². The fourth-order valence-corrected chi connectivity index (χ4v) is 3.15. The van der Waals surface area contributed by atoms with Gasteiger partial charge >= 0.3 is 0 Å². The molecule has 2 amide bonds. The zero-order valence-corrected chi connectivity index (χ0v) is 15.1. The Hall–Kier alpha value is -2.26. The predicted octanol–water partition coefficient (Wildman–Crippen LogP) is 0.709. The number of carbonyl (C=O) groups is 2. The number of hydrogen-bond donors (Lipinski definition) is 2. The van der Waals surface area contributed by atoms with Gasteiger partial charge in [-0.15, -0.1) is 5.10 Å². The number of amides is 2. The van der Waals surface area contributed by atoms with Crippen molar-refractivity contribution in [2.75, 3.05) is 19.6 Å². The van der Waals surface area contributed by atoms with Crippen LogP contribution < -0.4 is 11.1 Å². The summed E-state index contributed by atoms with van der Waals surface area (Å²) in [6, 6.07) is 7.52. The predicted molar refractivity (Wildman–Crippen MR) is 95.2 cm³/mol. The average molecular weight is 407 g/mol. The van der Waals surface area contributed by atoms with Crippen LogP contribution in [0.15, 0.2) is 34.9 Å². The minimum Gasteiger partial charge on any atom is -0.369 e. The van der Waals surface area contributed by atoms with Gasteiger partial charge in [0.15, 0.2) is 5.69 Å². The third-order valence-electron chi connectivity index (χ3n) is 4.04. The molecule has 0 saturated carbocycles. The van der Waals surface area contributed by atoms with E-state index in [1.165, 1.54) is 0 Å². The summed E-state index contributed by atoms with van der Waals surface area (Å²) in [5, 5.41) is 10.9. The van der Waals surface area contributed by atoms with Gasteiger partial charge in [0.1, 0.15) is 0 Å². The molecular weight excluding hydrogens is 388 g/mol. The minimum atomic E-state index is -0.357. The molecule has 3 rings (SSSR count). The summed E-state index contributed by atoms with van der Waals surface area (Å²) in [5.41, 5.74) is 6.32. The Labute approximate surface area is 153 Å². The second kappa shape index (κ2) is 7.75. The number of rotatable bonds is 5. The van der Waals surface area contributed by atoms with E-state index >= 15 is 0 Å². The molecule has 0 spiro atoms. The first-order valence-electron chi connectivity index (χ1n) is 8.01. The summed E-state index contributed by atoms with van der Waals surface area (Å²) in [4.78, 5) is 25.4. The van der Waals surface area contributed by atoms with Crippen LogP contribution in [0.3, 0.4) is 0 Å². The highest BCUT2D eigenvalue weighted by atomic mass is 79.9. The standard InChI is InChI=1S/C16H19BrN6O2/c17-11-3-5-13(6-4-11)23-9-14(20-21-23)16(25)19-12-2-1-7-22(8-12)10-15(18)24/h3-6,9,12H,1-2,7-8,10H2,(H2,18,24)(H,19,25). The lowest BCUT2D eigenvalue weighted by Crippen LogP contribution is -2.49. The molecule has 25 heavy (non-hydrogen) atoms. The van der Waals surface area contributed by atoms with E-state index in [9.17, 15) is 9.59 Å². The fourth-order valence-electron chi connectivity index (χ4n) is 2.88. The minimum absolute atomic E-state index is 0.0292. The lowest BCUT2D eigenvalue weighted by molar-refractivity contribution is -0.119. The Balaban J connectivity index is 1.62. The molecule has 3 N–H and O–H groups in total. The molecule has 1 unspecified atom stereocenters. The first-order valence-corrected chi connectivity index (χ1v) is 8.80. The number of halogens is 1. The first-order chi connectivity index (χ1) is 12.0. The molecule has 0 aliphatic carbocycles. The van der Waals surface area contributed by atoms with Crippen molar-refractivity contribution in [3.05, 3.63) is 40.6 Å². The maximum Gasteiger partial charge on any atom is 0.273 e. The fraction of sp³-hybridized carbons (Fsp3) is 0.375. The Kier molecular flexibility index (Phi) is 5.44. The Morgan fingerprint density at radius 1 is 1.32 bits per heavy atom. The van der Waals surface area contributed by atoms with Crippen molar-refractivity contribution in [3.8, 4) is 5.69 Å². The van der Waals surface area contributed by atoms with Crippen LogP contribution in [0.4, 0.5) is 0 Å². The van der Waals surface area contributed by atoms with Crippen LogP contribution in [-0.2, 0) is 4.79 Å². The number of nitrogens with two attached hydrogens (primary N) is 1. The Morgan fingerprint density at radius 2 is 2.08 bits per heavy atom. The van der Waals surface area contributed by atoms with Gasteiger partial charge in [-0.1, -0.05) is 21.1 Å². The Bertz CT molecular complexity index is 760. The van der Waals surface area contributed by atoms with Gasteiger partial charge in [-0.05, 0) is 43.7 Å². The summed E-state index contributed by atoms with van der Waals surface area (Å²) < 4.78 is 2.52. The molecule has 1 aromatic carbocycles. The molecule has 1 saturated heterocycles. The van der Waals surface area contributed by atoms with E-state index in [0.29, 0.717) is 6.54 Å². The van der Waals surface area contributed by atoms with Gasteiger partial charge in [0, 0.05) is 17.1 Å². The lowest BCUT2D eigenvalue weighted by Gasteiger charge is -2.32. The third-order valence-corrected chi connectivity index (χ3v) is 4.57. The highest BCUT2D eigenvalue weighted by Gasteiger charge is 2.23. The van der Waals surface area contributed by atoms with Crippen molar-refractivity contribution in [1.29, 1.82) is 0 Å². The molecule has 2 aromatic rings. The van der Waals surface area contributed by atoms with Crippen LogP contribution in [-0.4, -0.2) is 57.4 Å². The number of benzene rings is 1. The zero-order valence-electron chi connectivity index (χ0n) is 13.6. The summed E-state index contributed by atoms with van der Waals surface area (Å²) in [5.74, 6) is -0.626. The molecule has 1 fully saturated rings. The number of carbonyl (C=O) groups excluding carboxylic acids is 2. The third kappa shape index (κ3) is 4.64. The summed E-state index contributed by atoms with van der Waals surface area (Å²) in [6.07, 6.45) is 3.37. The van der Waals surface area contributed by atoms with E-state index < -0.39 is 0 Å². The maximum atomic E-state index is 12.4. The maximum absolute atomic E-state index is 12.4. The second-order valence-electron chi connectivity index (χ2n) is 6.04. The van der Waals surface area contributed by atoms with Crippen LogP contribution in [0.5, 0.6) is 0 Å². The monoisotopic (exact) mass is 406 g/mol. The second-order valence-corrected chi connectivity index (χ2v) is 6.95. The van der Waals surface area contributed by atoms with Crippen molar-refractivity contribution in [1.82, 2.24) is 25.2 Å². The highest BCUT2D eigenvalue weighted by molar-refractivity contribution is 9.10. The van der Waals surface area contributed by atoms with Crippen LogP contribution >= 0.6 is 15.9 Å². The number of piperidine rings is 1. The van der Waals surface area contributed by atoms with Gasteiger partial charge in [0.2, 0.25) is 5.91 Å². The number of nitrogens with one attached hydrogen (secondary N) is 1. The van der Waals surface area contributed by atoms with Crippen LogP contribution in [0, 0.1) is 0 Å². The van der Waals surface area contributed by atoms with Crippen molar-refractivity contribution in [2.45, 2.75) is 18.9 Å². The van der Waals surface area contributed by atoms with E-state index in [2.05, 4.69) is 31.6 Å². The Morgan fingerprint density at radius 3 is 2.80 bits per heavy atom. The number of primary amides is 1. The van der Waals surface area contributed by atoms with Gasteiger partial charge < -0.3 is 11.1 Å². The quantitative estimate of drug-likeness (QED) is 0.760. The van der Waals surface area contributed by atoms with Crippen LogP contribution in [0.2, 0.25) is 0 Å². The van der Waals surface area contributed by atoms with E-state index in [1.807, 2.05) is 29.2 Å². The summed E-state index contributed by atoms with van der Waals surface area (Å²) in [7, 11) is 0. The molecule has 1 aliphatic heterocycles. The van der Waals surface area contributed by atoms with Crippen molar-refractivity contribution in [2.24, 2.45) is 5.73 Å². The SMILES string of the molecule is NC(=O)CN1CCCC(NC(=O)c2cn(-c3ccc(Br)cc3)nn2)C1. The molecule has 1 aliphatic rings. The molecule has 1 atom stereocenters. The number of hydrogen-bond acceptors (Lipinski definition) is 5. The molecule has 0 radical (unpaired) electrons. The average Bonchev–Trinajstić information content (AvgIpc) is 3.05. The van der Waals surface area contributed by atoms with E-state index in [-0.39, 0.29) is 30.1 Å². The molecular formula is C16H19BrN6O2. The van der Waals surface area contributed by atoms with Gasteiger partial charge in [-0.3, -0.25) is 14.5 Å². The molecule has 0 bridgehead atoms. The summed E-state index contributed by atoms with van der Waals surface area (Å²) in [6.45, 7) is 1.64. The van der Waals surface area contributed by atoms with E-state index in [4.69, 9.17) is 5.73 Å². The molecule has 132 valence electrons. The molecule has 9 heteroatoms. The van der Waals surface area contributed by atoms with Gasteiger partial charge in [0.05, 0.1) is 18.4 Å². The van der Waals surface area contributed by atoms with Crippen LogP contribution in [0.1, 0.15) is 23.3 Å². The summed E-state index contributed by atoms with van der Waals surface area (Å²) >= 11 is 3.38. The van der Waals surface area contributed by atoms with Gasteiger partial charge in [-0.25, -0.2) is 4.68 Å². The lowest BCUT2D eigenvalue weighted by atomic mass is 10.1. The van der Waals surface area contributed by atoms with E-state index in [0.717, 1.165) is 29.5 Å². The van der Waals surface area contributed by atoms with Crippen molar-refractivity contribution < 1.29 is 9.59 Å². The number of aromatic nitrogens is 3. The van der Waals surface area contributed by atoms with Gasteiger partial charge in [-0.2, -0.15) is 0 Å². The molecule has 1 aromatic heterocycles. The molecule has 2 heterocycles. The zero-order chi connectivity index (χ0) is 17.8. The largest absolute Gasteiger partial charge is 0.369 e. The smallest absolute Gasteiger partial charge is 0.273 e. The highest BCUT2D eigenvalue weighted by Crippen LogP contribution is 2.14. The van der Waals surface area contributed by atoms with Crippen LogP contribution in [0.25, 0.3) is 5.69 Å². The number of likely N-dealkylation sites (tertiary alicyclic amines) is 1. The normalized spacial score (nSPS) is 18.0. The first kappa shape index (κ1) is 17.6. The molecule has 8 nitrogen and oxygen atoms in total. The van der Waals surface area contributed by atoms with E-state index in [1.54, 1.807) is 10.9 Å². The van der Waals surface area contributed by atoms with Crippen molar-refractivity contribution >= 4 is 27.7 Å².